The summed E-state index contributed by atoms with van der Waals surface area (Å²) in [7, 11) is -2.46. The van der Waals surface area contributed by atoms with Gasteiger partial charge in [-0.25, -0.2) is 0 Å². The number of benzene rings is 1. The summed E-state index contributed by atoms with van der Waals surface area (Å²) in [6, 6.07) is 9.99. The number of carbonyl (C=O) groups excluding carboxylic acids is 2. The molecule has 6 nitrogen and oxygen atoms in total. The smallest absolute Gasteiger partial charge is 0.315 e. The molecule has 0 aromatic heterocycles. The molecule has 3 aliphatic carbocycles. The molecule has 0 saturated heterocycles. The summed E-state index contributed by atoms with van der Waals surface area (Å²) < 4.78 is 26.8. The molecule has 46 heavy (non-hydrogen) atoms. The molecule has 3 fully saturated rings. The molecule has 0 amide bonds. The van der Waals surface area contributed by atoms with Gasteiger partial charge in [-0.3, -0.25) is 9.59 Å². The second kappa shape index (κ2) is 14.8. The van der Waals surface area contributed by atoms with E-state index in [1.807, 2.05) is 30.3 Å². The highest BCUT2D eigenvalue weighted by Gasteiger charge is 2.67. The molecule has 3 aliphatic rings. The van der Waals surface area contributed by atoms with Gasteiger partial charge in [-0.1, -0.05) is 105 Å². The van der Waals surface area contributed by atoms with Gasteiger partial charge in [0.15, 0.2) is 14.1 Å². The topological polar surface area (TPSA) is 71.1 Å². The fourth-order valence-electron chi connectivity index (χ4n) is 7.87. The Kier molecular flexibility index (Phi) is 12.0. The van der Waals surface area contributed by atoms with Crippen LogP contribution in [0.1, 0.15) is 113 Å². The highest BCUT2D eigenvalue weighted by molar-refractivity contribution is 6.74. The van der Waals surface area contributed by atoms with Crippen LogP contribution in [0.5, 0.6) is 0 Å². The standard InChI is InChI=1S/C39H64O6Si/c1-25(2)30-19-17-27(5)21-33(30)43-36(40)32-23-39(45-46(10,11)38(7,8)9,42-24-29-15-13-12-14-16-29)35(32)37(41)44-34-22-28(6)18-20-31(34)26(3)4/h12-16,25-28,30-35H,17-24H2,1-11H3. The molecular formula is C39H64O6Si. The van der Waals surface area contributed by atoms with E-state index < -0.39 is 25.9 Å². The molecule has 0 aliphatic heterocycles. The first kappa shape index (κ1) is 37.1. The molecule has 1 aromatic rings. The molecule has 4 rings (SSSR count). The quantitative estimate of drug-likeness (QED) is 0.134. The third-order valence-corrected chi connectivity index (χ3v) is 16.4. The minimum Gasteiger partial charge on any atom is -0.462 e. The van der Waals surface area contributed by atoms with Crippen molar-refractivity contribution in [2.45, 2.75) is 150 Å². The molecule has 0 bridgehead atoms. The fourth-order valence-corrected chi connectivity index (χ4v) is 9.31. The van der Waals surface area contributed by atoms with Gasteiger partial charge in [0, 0.05) is 6.42 Å². The van der Waals surface area contributed by atoms with Gasteiger partial charge in [-0.2, -0.15) is 0 Å². The largest absolute Gasteiger partial charge is 0.462 e. The summed E-state index contributed by atoms with van der Waals surface area (Å²) in [4.78, 5) is 28.8. The monoisotopic (exact) mass is 656 g/mol. The van der Waals surface area contributed by atoms with Crippen molar-refractivity contribution >= 4 is 20.3 Å². The van der Waals surface area contributed by atoms with Crippen molar-refractivity contribution < 1.29 is 28.2 Å². The Morgan fingerprint density at radius 2 is 1.33 bits per heavy atom. The lowest BCUT2D eigenvalue weighted by Crippen LogP contribution is -2.67. The molecule has 7 heteroatoms. The average molecular weight is 657 g/mol. The minimum absolute atomic E-state index is 0.125. The Morgan fingerprint density at radius 1 is 0.826 bits per heavy atom. The summed E-state index contributed by atoms with van der Waals surface area (Å²) in [5.41, 5.74) is 0.996. The molecule has 3 saturated carbocycles. The number of hydrogen-bond donors (Lipinski definition) is 0. The third-order valence-electron chi connectivity index (χ3n) is 12.0. The molecule has 260 valence electrons. The second-order valence-electron chi connectivity index (χ2n) is 17.3. The van der Waals surface area contributed by atoms with Crippen LogP contribution < -0.4 is 0 Å². The predicted octanol–water partition coefficient (Wildman–Crippen LogP) is 9.57. The van der Waals surface area contributed by atoms with Crippen LogP contribution in [0.2, 0.25) is 18.1 Å². The van der Waals surface area contributed by atoms with E-state index >= 15 is 0 Å². The van der Waals surface area contributed by atoms with Crippen molar-refractivity contribution in [2.24, 2.45) is 47.3 Å². The van der Waals surface area contributed by atoms with E-state index in [4.69, 9.17) is 18.6 Å². The Labute approximate surface area is 281 Å². The zero-order valence-corrected chi connectivity index (χ0v) is 31.8. The van der Waals surface area contributed by atoms with Crippen LogP contribution in [0, 0.1) is 47.3 Å². The van der Waals surface area contributed by atoms with Gasteiger partial charge in [-0.05, 0) is 84.9 Å². The number of esters is 2. The highest BCUT2D eigenvalue weighted by Crippen LogP contribution is 2.54. The van der Waals surface area contributed by atoms with Crippen LogP contribution in [-0.2, 0) is 34.8 Å². The summed E-state index contributed by atoms with van der Waals surface area (Å²) >= 11 is 0. The average Bonchev–Trinajstić information content (AvgIpc) is 2.93. The predicted molar refractivity (Wildman–Crippen MR) is 186 cm³/mol. The van der Waals surface area contributed by atoms with E-state index in [-0.39, 0.29) is 42.2 Å². The van der Waals surface area contributed by atoms with Gasteiger partial charge in [-0.15, -0.1) is 0 Å². The molecule has 0 N–H and O–H groups in total. The van der Waals surface area contributed by atoms with Crippen LogP contribution in [0.3, 0.4) is 0 Å². The van der Waals surface area contributed by atoms with Crippen LogP contribution in [-0.4, -0.2) is 38.3 Å². The van der Waals surface area contributed by atoms with Crippen molar-refractivity contribution in [3.05, 3.63) is 35.9 Å². The van der Waals surface area contributed by atoms with Crippen molar-refractivity contribution in [1.82, 2.24) is 0 Å². The number of ether oxygens (including phenoxy) is 3. The third kappa shape index (κ3) is 8.47. The van der Waals surface area contributed by atoms with E-state index in [0.717, 1.165) is 44.1 Å². The summed E-state index contributed by atoms with van der Waals surface area (Å²) in [5, 5.41) is -0.125. The Hall–Kier alpha value is -1.70. The van der Waals surface area contributed by atoms with Gasteiger partial charge < -0.3 is 18.6 Å². The molecule has 0 radical (unpaired) electrons. The van der Waals surface area contributed by atoms with Gasteiger partial charge >= 0.3 is 11.9 Å². The Morgan fingerprint density at radius 3 is 1.80 bits per heavy atom. The fraction of sp³-hybridized carbons (Fsp3) is 0.795. The number of hydrogen-bond acceptors (Lipinski definition) is 6. The van der Waals surface area contributed by atoms with Gasteiger partial charge in [0.05, 0.1) is 12.5 Å². The molecule has 0 spiro atoms. The van der Waals surface area contributed by atoms with Crippen molar-refractivity contribution in [1.29, 1.82) is 0 Å². The lowest BCUT2D eigenvalue weighted by atomic mass is 9.67. The van der Waals surface area contributed by atoms with Crippen LogP contribution in [0.15, 0.2) is 30.3 Å². The highest BCUT2D eigenvalue weighted by atomic mass is 28.4. The molecule has 9 atom stereocenters. The van der Waals surface area contributed by atoms with Crippen LogP contribution in [0.4, 0.5) is 0 Å². The maximum absolute atomic E-state index is 14.6. The maximum atomic E-state index is 14.6. The van der Waals surface area contributed by atoms with E-state index in [9.17, 15) is 9.59 Å². The first-order valence-corrected chi connectivity index (χ1v) is 21.1. The Balaban J connectivity index is 1.69. The van der Waals surface area contributed by atoms with Gasteiger partial charge in [0.25, 0.3) is 0 Å². The zero-order chi connectivity index (χ0) is 34.0. The first-order valence-electron chi connectivity index (χ1n) is 18.2. The number of carbonyl (C=O) groups is 2. The Bertz CT molecular complexity index is 1160. The lowest BCUT2D eigenvalue weighted by molar-refractivity contribution is -0.302. The van der Waals surface area contributed by atoms with Crippen molar-refractivity contribution in [3.63, 3.8) is 0 Å². The first-order chi connectivity index (χ1) is 21.4. The number of rotatable bonds is 11. The minimum atomic E-state index is -2.46. The van der Waals surface area contributed by atoms with E-state index in [1.165, 1.54) is 0 Å². The van der Waals surface area contributed by atoms with E-state index in [2.05, 4.69) is 75.4 Å². The summed E-state index contributed by atoms with van der Waals surface area (Å²) in [6.45, 7) is 24.6. The van der Waals surface area contributed by atoms with Crippen LogP contribution >= 0.6 is 0 Å². The molecule has 9 unspecified atom stereocenters. The zero-order valence-electron chi connectivity index (χ0n) is 30.8. The molecule has 0 heterocycles. The summed E-state index contributed by atoms with van der Waals surface area (Å²) in [6.07, 6.45) is 6.07. The summed E-state index contributed by atoms with van der Waals surface area (Å²) in [5.74, 6) is -1.07. The van der Waals surface area contributed by atoms with Crippen LogP contribution in [0.25, 0.3) is 0 Å². The normalized spacial score (nSPS) is 33.8. The van der Waals surface area contributed by atoms with Crippen molar-refractivity contribution in [3.8, 4) is 0 Å². The van der Waals surface area contributed by atoms with Gasteiger partial charge in [0.2, 0.25) is 0 Å². The van der Waals surface area contributed by atoms with E-state index in [1.54, 1.807) is 0 Å². The van der Waals surface area contributed by atoms with Crippen molar-refractivity contribution in [2.75, 3.05) is 0 Å². The second-order valence-corrected chi connectivity index (χ2v) is 22.1. The lowest BCUT2D eigenvalue weighted by Gasteiger charge is -2.56. The molecule has 1 aromatic carbocycles. The maximum Gasteiger partial charge on any atom is 0.315 e. The van der Waals surface area contributed by atoms with Gasteiger partial charge in [0.1, 0.15) is 18.1 Å². The van der Waals surface area contributed by atoms with E-state index in [0.29, 0.717) is 35.5 Å². The SMILES string of the molecule is CC1CCC(C(C)C)C(OC(=O)C2CC(OCc3ccccc3)(O[Si](C)(C)C(C)(C)C)C2C(=O)OC2CC(C)CCC2C(C)C)C1. The molecular weight excluding hydrogens is 593 g/mol.